The lowest BCUT2D eigenvalue weighted by Crippen LogP contribution is -2.15. The van der Waals surface area contributed by atoms with E-state index in [0.717, 1.165) is 23.1 Å². The van der Waals surface area contributed by atoms with E-state index in [4.69, 9.17) is 10.6 Å². The number of amides is 1. The minimum absolute atomic E-state index is 0.100. The molecule has 11 heteroatoms. The molecule has 22 heavy (non-hydrogen) atoms. The highest BCUT2D eigenvalue weighted by molar-refractivity contribution is 7.99. The number of rotatable bonds is 6. The number of nitrogens with one attached hydrogen (secondary N) is 1. The number of nitrogen functional groups attached to an aromatic ring is 1. The number of carbonyl (C=O) groups is 2. The van der Waals surface area contributed by atoms with Crippen LogP contribution in [0.4, 0.5) is 5.13 Å². The molecule has 0 radical (unpaired) electrons. The van der Waals surface area contributed by atoms with Crippen LogP contribution in [0, 0.1) is 6.92 Å². The number of aromatic nitrogens is 4. The molecule has 0 aromatic carbocycles. The quantitative estimate of drug-likeness (QED) is 0.446. The molecule has 0 spiro atoms. The van der Waals surface area contributed by atoms with Crippen LogP contribution in [0.1, 0.15) is 22.3 Å². The standard InChI is InChI=1S/C11H14N6O3S2/c1-3-20-9(19)8-6(2)14-10(22-8)15-7(18)4-21-11-16-13-5-17(11)12/h5H,3-4,12H2,1-2H3,(H,14,15,18). The molecule has 0 aliphatic rings. The number of nitrogens with two attached hydrogens (primary N) is 1. The van der Waals surface area contributed by atoms with Gasteiger partial charge in [0.05, 0.1) is 18.1 Å². The van der Waals surface area contributed by atoms with Gasteiger partial charge >= 0.3 is 5.97 Å². The fourth-order valence-electron chi connectivity index (χ4n) is 1.46. The molecule has 3 N–H and O–H groups in total. The summed E-state index contributed by atoms with van der Waals surface area (Å²) < 4.78 is 6.15. The highest BCUT2D eigenvalue weighted by Crippen LogP contribution is 2.23. The van der Waals surface area contributed by atoms with Crippen molar-refractivity contribution < 1.29 is 14.3 Å². The molecule has 1 amide bonds. The van der Waals surface area contributed by atoms with E-state index in [2.05, 4.69) is 20.5 Å². The third kappa shape index (κ3) is 3.95. The summed E-state index contributed by atoms with van der Waals surface area (Å²) in [5.74, 6) is 4.92. The molecule has 118 valence electrons. The number of esters is 1. The van der Waals surface area contributed by atoms with Gasteiger partial charge < -0.3 is 15.9 Å². The zero-order chi connectivity index (χ0) is 16.1. The van der Waals surface area contributed by atoms with Crippen LogP contribution in [-0.2, 0) is 9.53 Å². The lowest BCUT2D eigenvalue weighted by atomic mass is 10.4. The van der Waals surface area contributed by atoms with Gasteiger partial charge in [-0.25, -0.2) is 14.5 Å². The van der Waals surface area contributed by atoms with Gasteiger partial charge in [0, 0.05) is 0 Å². The smallest absolute Gasteiger partial charge is 0.350 e. The van der Waals surface area contributed by atoms with Crippen LogP contribution in [0.25, 0.3) is 0 Å². The first-order valence-corrected chi connectivity index (χ1v) is 8.03. The first-order valence-electron chi connectivity index (χ1n) is 6.23. The summed E-state index contributed by atoms with van der Waals surface area (Å²) >= 11 is 2.22. The second-order valence-corrected chi connectivity index (χ2v) is 5.95. The molecule has 2 rings (SSSR count). The Balaban J connectivity index is 1.93. The maximum atomic E-state index is 11.9. The summed E-state index contributed by atoms with van der Waals surface area (Å²) in [6.45, 7) is 3.70. The van der Waals surface area contributed by atoms with Gasteiger partial charge in [-0.15, -0.1) is 10.2 Å². The third-order valence-electron chi connectivity index (χ3n) is 2.38. The molecular formula is C11H14N6O3S2. The van der Waals surface area contributed by atoms with Gasteiger partial charge in [0.15, 0.2) is 5.13 Å². The molecule has 2 aromatic rings. The maximum Gasteiger partial charge on any atom is 0.350 e. The van der Waals surface area contributed by atoms with Crippen molar-refractivity contribution in [1.82, 2.24) is 19.9 Å². The van der Waals surface area contributed by atoms with Crippen LogP contribution < -0.4 is 11.2 Å². The van der Waals surface area contributed by atoms with E-state index >= 15 is 0 Å². The van der Waals surface area contributed by atoms with Crippen LogP contribution in [0.15, 0.2) is 11.5 Å². The van der Waals surface area contributed by atoms with E-state index in [0.29, 0.717) is 20.9 Å². The molecule has 0 unspecified atom stereocenters. The SMILES string of the molecule is CCOC(=O)c1sc(NC(=O)CSc2nncn2N)nc1C. The molecule has 0 saturated carbocycles. The van der Waals surface area contributed by atoms with Gasteiger partial charge in [-0.05, 0) is 13.8 Å². The Kier molecular flexibility index (Phi) is 5.33. The van der Waals surface area contributed by atoms with Crippen molar-refractivity contribution in [1.29, 1.82) is 0 Å². The minimum atomic E-state index is -0.441. The number of thioether (sulfide) groups is 1. The second kappa shape index (κ2) is 7.22. The first kappa shape index (κ1) is 16.2. The van der Waals surface area contributed by atoms with Gasteiger partial charge in [-0.1, -0.05) is 23.1 Å². The van der Waals surface area contributed by atoms with Gasteiger partial charge in [-0.3, -0.25) is 4.79 Å². The lowest BCUT2D eigenvalue weighted by Gasteiger charge is -2.01. The van der Waals surface area contributed by atoms with Gasteiger partial charge in [0.25, 0.3) is 0 Å². The van der Waals surface area contributed by atoms with Crippen molar-refractivity contribution in [3.63, 3.8) is 0 Å². The van der Waals surface area contributed by atoms with Gasteiger partial charge in [0.1, 0.15) is 11.2 Å². The molecule has 2 heterocycles. The molecule has 0 saturated heterocycles. The Morgan fingerprint density at radius 3 is 2.95 bits per heavy atom. The van der Waals surface area contributed by atoms with Crippen molar-refractivity contribution in [2.75, 3.05) is 23.5 Å². The molecular weight excluding hydrogens is 328 g/mol. The number of ether oxygens (including phenoxy) is 1. The second-order valence-electron chi connectivity index (χ2n) is 4.01. The number of hydrogen-bond acceptors (Lipinski definition) is 9. The summed E-state index contributed by atoms with van der Waals surface area (Å²) in [5.41, 5.74) is 0.521. The van der Waals surface area contributed by atoms with Crippen LogP contribution in [0.5, 0.6) is 0 Å². The number of aryl methyl sites for hydroxylation is 1. The molecule has 9 nitrogen and oxygen atoms in total. The summed E-state index contributed by atoms with van der Waals surface area (Å²) in [7, 11) is 0. The summed E-state index contributed by atoms with van der Waals surface area (Å²) in [4.78, 5) is 28.1. The molecule has 0 aliphatic heterocycles. The topological polar surface area (TPSA) is 125 Å². The van der Waals surface area contributed by atoms with Crippen LogP contribution in [-0.4, -0.2) is 44.1 Å². The average molecular weight is 342 g/mol. The van der Waals surface area contributed by atoms with Crippen LogP contribution >= 0.6 is 23.1 Å². The number of anilines is 1. The third-order valence-corrected chi connectivity index (χ3v) is 4.39. The number of carbonyl (C=O) groups excluding carboxylic acids is 2. The monoisotopic (exact) mass is 342 g/mol. The predicted octanol–water partition coefficient (Wildman–Crippen LogP) is 0.664. The number of hydrogen-bond donors (Lipinski definition) is 2. The van der Waals surface area contributed by atoms with E-state index in [-0.39, 0.29) is 18.3 Å². The molecule has 0 bridgehead atoms. The van der Waals surface area contributed by atoms with E-state index in [1.807, 2.05) is 0 Å². The normalized spacial score (nSPS) is 10.5. The zero-order valence-electron chi connectivity index (χ0n) is 11.9. The fraction of sp³-hybridized carbons (Fsp3) is 0.364. The van der Waals surface area contributed by atoms with E-state index in [1.165, 1.54) is 11.0 Å². The minimum Gasteiger partial charge on any atom is -0.462 e. The van der Waals surface area contributed by atoms with Gasteiger partial charge in [0.2, 0.25) is 11.1 Å². The van der Waals surface area contributed by atoms with Crippen molar-refractivity contribution in [2.45, 2.75) is 19.0 Å². The van der Waals surface area contributed by atoms with E-state index in [1.54, 1.807) is 13.8 Å². The lowest BCUT2D eigenvalue weighted by molar-refractivity contribution is -0.113. The largest absolute Gasteiger partial charge is 0.462 e. The highest BCUT2D eigenvalue weighted by atomic mass is 32.2. The van der Waals surface area contributed by atoms with E-state index in [9.17, 15) is 9.59 Å². The molecule has 0 fully saturated rings. The summed E-state index contributed by atoms with van der Waals surface area (Å²) in [6.07, 6.45) is 1.34. The first-order chi connectivity index (χ1) is 10.5. The van der Waals surface area contributed by atoms with Crippen molar-refractivity contribution >= 4 is 40.1 Å². The van der Waals surface area contributed by atoms with Crippen LogP contribution in [0.2, 0.25) is 0 Å². The summed E-state index contributed by atoms with van der Waals surface area (Å²) in [6, 6.07) is 0. The Hall–Kier alpha value is -2.14. The Labute approximate surface area is 134 Å². The average Bonchev–Trinajstić information content (AvgIpc) is 3.03. The van der Waals surface area contributed by atoms with E-state index < -0.39 is 5.97 Å². The Morgan fingerprint density at radius 1 is 1.55 bits per heavy atom. The Bertz CT molecular complexity index is 683. The number of nitrogens with zero attached hydrogens (tertiary/aromatic N) is 4. The molecule has 0 atom stereocenters. The van der Waals surface area contributed by atoms with Crippen molar-refractivity contribution in [2.24, 2.45) is 0 Å². The number of thiazole rings is 1. The van der Waals surface area contributed by atoms with Gasteiger partial charge in [-0.2, -0.15) is 0 Å². The highest BCUT2D eigenvalue weighted by Gasteiger charge is 2.17. The molecule has 2 aromatic heterocycles. The summed E-state index contributed by atoms with van der Waals surface area (Å²) in [5, 5.41) is 10.8. The van der Waals surface area contributed by atoms with Crippen molar-refractivity contribution in [3.8, 4) is 0 Å². The van der Waals surface area contributed by atoms with Crippen molar-refractivity contribution in [3.05, 3.63) is 16.9 Å². The predicted molar refractivity (Wildman–Crippen MR) is 82.3 cm³/mol. The molecule has 0 aliphatic carbocycles. The fourth-order valence-corrected chi connectivity index (χ4v) is 2.97. The zero-order valence-corrected chi connectivity index (χ0v) is 13.5. The maximum absolute atomic E-state index is 11.9. The Morgan fingerprint density at radius 2 is 2.32 bits per heavy atom. The van der Waals surface area contributed by atoms with Crippen LogP contribution in [0.3, 0.4) is 0 Å².